The number of aliphatic hydroxyl groups excluding tert-OH is 1. The van der Waals surface area contributed by atoms with E-state index in [9.17, 15) is 19.5 Å². The van der Waals surface area contributed by atoms with Crippen LogP contribution in [0.25, 0.3) is 0 Å². The Morgan fingerprint density at radius 2 is 2.07 bits per heavy atom. The lowest BCUT2D eigenvalue weighted by molar-refractivity contribution is -0.153. The number of carbonyl (C=O) groups excluding carboxylic acids is 3. The molecule has 1 aliphatic heterocycles. The van der Waals surface area contributed by atoms with E-state index in [0.717, 1.165) is 5.57 Å². The Morgan fingerprint density at radius 3 is 2.68 bits per heavy atom. The lowest BCUT2D eigenvalue weighted by atomic mass is 9.83. The van der Waals surface area contributed by atoms with Crippen molar-refractivity contribution < 1.29 is 33.7 Å². The van der Waals surface area contributed by atoms with E-state index in [4.69, 9.17) is 14.2 Å². The molecule has 1 fully saturated rings. The normalized spacial score (nSPS) is 28.5. The molecule has 2 rings (SSSR count). The van der Waals surface area contributed by atoms with E-state index in [1.807, 2.05) is 6.92 Å². The van der Waals surface area contributed by atoms with Crippen LogP contribution in [0.1, 0.15) is 33.6 Å². The number of allylic oxidation sites excluding steroid dienone is 3. The second-order valence-corrected chi connectivity index (χ2v) is 6.91. The molecule has 1 saturated heterocycles. The SMILES string of the molecule is C=C1C(=O)OC2C=C(C)CCC=C(C(=O)OC)C(OC(=O)C(C)=CC)C(O)C12. The van der Waals surface area contributed by atoms with Crippen LogP contribution in [0.15, 0.2) is 47.1 Å². The lowest BCUT2D eigenvalue weighted by Crippen LogP contribution is -2.43. The summed E-state index contributed by atoms with van der Waals surface area (Å²) in [4.78, 5) is 36.8. The average molecular weight is 390 g/mol. The maximum atomic E-state index is 12.4. The highest BCUT2D eigenvalue weighted by atomic mass is 16.6. The molecule has 0 bridgehead atoms. The first-order valence-corrected chi connectivity index (χ1v) is 9.08. The van der Waals surface area contributed by atoms with Gasteiger partial charge in [-0.15, -0.1) is 0 Å². The highest BCUT2D eigenvalue weighted by Gasteiger charge is 2.47. The zero-order valence-corrected chi connectivity index (χ0v) is 16.6. The Hall–Kier alpha value is -2.67. The third-order valence-corrected chi connectivity index (χ3v) is 5.01. The minimum atomic E-state index is -1.43. The molecule has 28 heavy (non-hydrogen) atoms. The highest BCUT2D eigenvalue weighted by molar-refractivity contribution is 5.93. The van der Waals surface area contributed by atoms with Gasteiger partial charge < -0.3 is 19.3 Å². The predicted octanol–water partition coefficient (Wildman–Crippen LogP) is 2.16. The highest BCUT2D eigenvalue weighted by Crippen LogP contribution is 2.36. The van der Waals surface area contributed by atoms with E-state index >= 15 is 0 Å². The quantitative estimate of drug-likeness (QED) is 0.341. The number of esters is 3. The number of hydrogen-bond acceptors (Lipinski definition) is 7. The molecule has 1 heterocycles. The van der Waals surface area contributed by atoms with Crippen LogP contribution in [-0.2, 0) is 28.6 Å². The molecule has 1 aliphatic carbocycles. The molecule has 0 aromatic rings. The second-order valence-electron chi connectivity index (χ2n) is 6.91. The van der Waals surface area contributed by atoms with E-state index < -0.39 is 42.1 Å². The van der Waals surface area contributed by atoms with Gasteiger partial charge >= 0.3 is 17.9 Å². The molecule has 152 valence electrons. The van der Waals surface area contributed by atoms with Crippen molar-refractivity contribution in [2.45, 2.75) is 51.9 Å². The number of carbonyl (C=O) groups is 3. The average Bonchev–Trinajstić information content (AvgIpc) is 2.94. The summed E-state index contributed by atoms with van der Waals surface area (Å²) in [7, 11) is 1.21. The summed E-state index contributed by atoms with van der Waals surface area (Å²) < 4.78 is 15.7. The number of methoxy groups -OCH3 is 1. The summed E-state index contributed by atoms with van der Waals surface area (Å²) in [5.74, 6) is -2.89. The predicted molar refractivity (Wildman–Crippen MR) is 101 cm³/mol. The molecule has 4 unspecified atom stereocenters. The van der Waals surface area contributed by atoms with E-state index in [1.54, 1.807) is 32.1 Å². The molecule has 0 aromatic carbocycles. The second kappa shape index (κ2) is 9.01. The maximum Gasteiger partial charge on any atom is 0.337 e. The number of hydrogen-bond donors (Lipinski definition) is 1. The van der Waals surface area contributed by atoms with Crippen LogP contribution in [0.5, 0.6) is 0 Å². The summed E-state index contributed by atoms with van der Waals surface area (Å²) in [5.41, 5.74) is 1.34. The first-order valence-electron chi connectivity index (χ1n) is 9.08. The molecule has 0 spiro atoms. The van der Waals surface area contributed by atoms with E-state index in [0.29, 0.717) is 18.4 Å². The summed E-state index contributed by atoms with van der Waals surface area (Å²) in [6, 6.07) is 0. The van der Waals surface area contributed by atoms with E-state index in [2.05, 4.69) is 6.58 Å². The molecule has 7 heteroatoms. The molecule has 0 aromatic heterocycles. The molecule has 4 atom stereocenters. The van der Waals surface area contributed by atoms with Crippen molar-refractivity contribution in [3.63, 3.8) is 0 Å². The molecule has 2 aliphatic rings. The molecule has 0 radical (unpaired) electrons. The van der Waals surface area contributed by atoms with Gasteiger partial charge in [0.15, 0.2) is 6.10 Å². The fraction of sp³-hybridized carbons (Fsp3) is 0.476. The van der Waals surface area contributed by atoms with Crippen LogP contribution < -0.4 is 0 Å². The zero-order valence-electron chi connectivity index (χ0n) is 16.6. The first kappa shape index (κ1) is 21.6. The molecule has 1 N–H and O–H groups in total. The summed E-state index contributed by atoms with van der Waals surface area (Å²) >= 11 is 0. The lowest BCUT2D eigenvalue weighted by Gasteiger charge is -2.30. The third kappa shape index (κ3) is 4.42. The first-order chi connectivity index (χ1) is 13.2. The van der Waals surface area contributed by atoms with Gasteiger partial charge in [-0.25, -0.2) is 14.4 Å². The Labute approximate surface area is 164 Å². The standard InChI is InChI=1S/C21H26O7/c1-6-12(3)19(23)28-18-14(21(25)26-5)9-7-8-11(2)10-15-16(17(18)22)13(4)20(24)27-15/h6,9-10,15-18,22H,4,7-8H2,1-3,5H3. The summed E-state index contributed by atoms with van der Waals surface area (Å²) in [5, 5.41) is 11.1. The van der Waals surface area contributed by atoms with Crippen LogP contribution in [0.2, 0.25) is 0 Å². The van der Waals surface area contributed by atoms with Crippen LogP contribution in [0.4, 0.5) is 0 Å². The van der Waals surface area contributed by atoms with Crippen molar-refractivity contribution in [2.24, 2.45) is 5.92 Å². The minimum Gasteiger partial charge on any atom is -0.466 e. The van der Waals surface area contributed by atoms with Crippen molar-refractivity contribution in [3.8, 4) is 0 Å². The molecular formula is C21H26O7. The van der Waals surface area contributed by atoms with Crippen LogP contribution >= 0.6 is 0 Å². The molecule has 7 nitrogen and oxygen atoms in total. The van der Waals surface area contributed by atoms with Crippen LogP contribution in [0, 0.1) is 5.92 Å². The van der Waals surface area contributed by atoms with Crippen molar-refractivity contribution in [2.75, 3.05) is 7.11 Å². The van der Waals surface area contributed by atoms with Crippen molar-refractivity contribution in [3.05, 3.63) is 47.1 Å². The molecular weight excluding hydrogens is 364 g/mol. The zero-order chi connectivity index (χ0) is 21.0. The number of rotatable bonds is 3. The smallest absolute Gasteiger partial charge is 0.337 e. The summed E-state index contributed by atoms with van der Waals surface area (Å²) in [6.45, 7) is 8.83. The van der Waals surface area contributed by atoms with Gasteiger partial charge in [-0.3, -0.25) is 0 Å². The third-order valence-electron chi connectivity index (χ3n) is 5.01. The topological polar surface area (TPSA) is 99.1 Å². The minimum absolute atomic E-state index is 0.0212. The molecule has 0 saturated carbocycles. The van der Waals surface area contributed by atoms with Crippen LogP contribution in [0.3, 0.4) is 0 Å². The van der Waals surface area contributed by atoms with Gasteiger partial charge in [0.2, 0.25) is 0 Å². The largest absolute Gasteiger partial charge is 0.466 e. The number of aliphatic hydroxyl groups is 1. The van der Waals surface area contributed by atoms with E-state index in [-0.39, 0.29) is 11.1 Å². The van der Waals surface area contributed by atoms with Crippen molar-refractivity contribution >= 4 is 17.9 Å². The fourth-order valence-corrected chi connectivity index (χ4v) is 3.23. The van der Waals surface area contributed by atoms with Gasteiger partial charge in [0.05, 0.1) is 18.6 Å². The Bertz CT molecular complexity index is 772. The van der Waals surface area contributed by atoms with E-state index in [1.165, 1.54) is 7.11 Å². The van der Waals surface area contributed by atoms with Crippen LogP contribution in [-0.4, -0.2) is 48.4 Å². The Morgan fingerprint density at radius 1 is 1.39 bits per heavy atom. The van der Waals surface area contributed by atoms with Gasteiger partial charge in [-0.05, 0) is 39.7 Å². The van der Waals surface area contributed by atoms with Gasteiger partial charge in [-0.1, -0.05) is 24.3 Å². The Balaban J connectivity index is 2.54. The monoisotopic (exact) mass is 390 g/mol. The van der Waals surface area contributed by atoms with Gasteiger partial charge in [0.1, 0.15) is 12.2 Å². The summed E-state index contributed by atoms with van der Waals surface area (Å²) in [6.07, 6.45) is 2.46. The Kier molecular flexibility index (Phi) is 6.96. The van der Waals surface area contributed by atoms with Crippen molar-refractivity contribution in [1.82, 2.24) is 0 Å². The van der Waals surface area contributed by atoms with Gasteiger partial charge in [0.25, 0.3) is 0 Å². The number of fused-ring (bicyclic) bond motifs is 1. The fourth-order valence-electron chi connectivity index (χ4n) is 3.23. The van der Waals surface area contributed by atoms with Gasteiger partial charge in [0, 0.05) is 11.1 Å². The molecule has 0 amide bonds. The van der Waals surface area contributed by atoms with Crippen molar-refractivity contribution in [1.29, 1.82) is 0 Å². The number of ether oxygens (including phenoxy) is 3. The maximum absolute atomic E-state index is 12.4. The van der Waals surface area contributed by atoms with Gasteiger partial charge in [-0.2, -0.15) is 0 Å².